The highest BCUT2D eigenvalue weighted by Gasteiger charge is 2.25. The van der Waals surface area contributed by atoms with Gasteiger partial charge in [0.2, 0.25) is 10.0 Å². The summed E-state index contributed by atoms with van der Waals surface area (Å²) in [6, 6.07) is 7.22. The molecule has 0 spiro atoms. The van der Waals surface area contributed by atoms with Gasteiger partial charge in [-0.2, -0.15) is 4.31 Å². The highest BCUT2D eigenvalue weighted by Crippen LogP contribution is 2.21. The first-order valence-electron chi connectivity index (χ1n) is 8.77. The zero-order chi connectivity index (χ0) is 16.8. The lowest BCUT2D eigenvalue weighted by Crippen LogP contribution is -2.37. The van der Waals surface area contributed by atoms with Gasteiger partial charge in [-0.15, -0.1) is 0 Å². The number of rotatable bonds is 4. The van der Waals surface area contributed by atoms with Gasteiger partial charge in [-0.25, -0.2) is 8.42 Å². The molecule has 1 aromatic rings. The minimum atomic E-state index is -3.37. The molecule has 7 heteroatoms. The number of hydrogen-bond donors (Lipinski definition) is 2. The fourth-order valence-corrected chi connectivity index (χ4v) is 4.65. The SMILES string of the molecule is O=S(=O)(c1cccc(CNC2=NCCCCN2)c1)N1CCCCC1. The minimum absolute atomic E-state index is 0.388. The van der Waals surface area contributed by atoms with E-state index in [2.05, 4.69) is 15.6 Å². The third kappa shape index (κ3) is 4.27. The zero-order valence-corrected chi connectivity index (χ0v) is 14.8. The maximum atomic E-state index is 12.8. The second-order valence-corrected chi connectivity index (χ2v) is 8.27. The standard InChI is InChI=1S/C17H26N4O2S/c22-24(23,21-11-4-1-5-12-21)16-8-6-7-15(13-16)14-20-17-18-9-2-3-10-19-17/h6-8,13H,1-5,9-12,14H2,(H2,18,19,20). The molecule has 0 atom stereocenters. The fourth-order valence-electron chi connectivity index (χ4n) is 3.06. The van der Waals surface area contributed by atoms with Gasteiger partial charge in [0.05, 0.1) is 4.90 Å². The van der Waals surface area contributed by atoms with Gasteiger partial charge >= 0.3 is 0 Å². The topological polar surface area (TPSA) is 73.8 Å². The summed E-state index contributed by atoms with van der Waals surface area (Å²) >= 11 is 0. The molecule has 0 aromatic heterocycles. The Kier molecular flexibility index (Phi) is 5.73. The van der Waals surface area contributed by atoms with Crippen LogP contribution in [0.25, 0.3) is 0 Å². The Morgan fingerprint density at radius 3 is 2.79 bits per heavy atom. The largest absolute Gasteiger partial charge is 0.356 e. The lowest BCUT2D eigenvalue weighted by atomic mass is 10.2. The van der Waals surface area contributed by atoms with Crippen molar-refractivity contribution in [1.29, 1.82) is 0 Å². The van der Waals surface area contributed by atoms with Crippen LogP contribution in [0.1, 0.15) is 37.7 Å². The first kappa shape index (κ1) is 17.2. The number of nitrogens with one attached hydrogen (secondary N) is 2. The van der Waals surface area contributed by atoms with Crippen molar-refractivity contribution in [2.75, 3.05) is 26.2 Å². The third-order valence-electron chi connectivity index (χ3n) is 4.46. The number of hydrogen-bond acceptors (Lipinski definition) is 5. The molecule has 2 aliphatic rings. The van der Waals surface area contributed by atoms with Crippen molar-refractivity contribution in [2.24, 2.45) is 4.99 Å². The maximum Gasteiger partial charge on any atom is 0.243 e. The van der Waals surface area contributed by atoms with Crippen LogP contribution in [0.5, 0.6) is 0 Å². The Labute approximate surface area is 144 Å². The molecule has 2 heterocycles. The molecule has 0 aliphatic carbocycles. The van der Waals surface area contributed by atoms with Crippen LogP contribution in [0, 0.1) is 0 Å². The Hall–Kier alpha value is -1.60. The molecular formula is C17H26N4O2S. The van der Waals surface area contributed by atoms with E-state index in [1.807, 2.05) is 12.1 Å². The molecule has 6 nitrogen and oxygen atoms in total. The average molecular weight is 350 g/mol. The quantitative estimate of drug-likeness (QED) is 0.867. The van der Waals surface area contributed by atoms with E-state index in [4.69, 9.17) is 0 Å². The number of nitrogens with zero attached hydrogens (tertiary/aromatic N) is 2. The molecule has 1 fully saturated rings. The lowest BCUT2D eigenvalue weighted by Gasteiger charge is -2.26. The van der Waals surface area contributed by atoms with E-state index in [1.54, 1.807) is 16.4 Å². The third-order valence-corrected chi connectivity index (χ3v) is 6.35. The molecule has 0 radical (unpaired) electrons. The molecule has 2 N–H and O–H groups in total. The number of guanidine groups is 1. The smallest absolute Gasteiger partial charge is 0.243 e. The van der Waals surface area contributed by atoms with Crippen molar-refractivity contribution in [3.8, 4) is 0 Å². The molecule has 132 valence electrons. The average Bonchev–Trinajstić information content (AvgIpc) is 2.90. The van der Waals surface area contributed by atoms with Crippen molar-refractivity contribution >= 4 is 16.0 Å². The summed E-state index contributed by atoms with van der Waals surface area (Å²) in [6.07, 6.45) is 5.24. The van der Waals surface area contributed by atoms with Gasteiger partial charge < -0.3 is 10.6 Å². The molecule has 2 aliphatic heterocycles. The highest BCUT2D eigenvalue weighted by atomic mass is 32.2. The maximum absolute atomic E-state index is 12.8. The van der Waals surface area contributed by atoms with E-state index in [1.165, 1.54) is 0 Å². The lowest BCUT2D eigenvalue weighted by molar-refractivity contribution is 0.346. The van der Waals surface area contributed by atoms with E-state index >= 15 is 0 Å². The molecule has 0 unspecified atom stereocenters. The van der Waals surface area contributed by atoms with Crippen molar-refractivity contribution in [1.82, 2.24) is 14.9 Å². The summed E-state index contributed by atoms with van der Waals surface area (Å²) in [5, 5.41) is 6.53. The normalized spacial score (nSPS) is 19.9. The first-order chi connectivity index (χ1) is 11.7. The summed E-state index contributed by atoms with van der Waals surface area (Å²) < 4.78 is 27.1. The van der Waals surface area contributed by atoms with Crippen LogP contribution in [-0.4, -0.2) is 44.9 Å². The van der Waals surface area contributed by atoms with E-state index < -0.39 is 10.0 Å². The molecule has 0 bridgehead atoms. The molecule has 1 saturated heterocycles. The van der Waals surface area contributed by atoms with Gasteiger partial charge in [0.15, 0.2) is 5.96 Å². The number of sulfonamides is 1. The number of aliphatic imine (C=N–C) groups is 1. The van der Waals surface area contributed by atoms with Gasteiger partial charge in [0.1, 0.15) is 0 Å². The first-order valence-corrected chi connectivity index (χ1v) is 10.2. The molecular weight excluding hydrogens is 324 g/mol. The number of piperidine rings is 1. The van der Waals surface area contributed by atoms with E-state index in [0.717, 1.165) is 56.7 Å². The van der Waals surface area contributed by atoms with Crippen molar-refractivity contribution in [3.05, 3.63) is 29.8 Å². The predicted molar refractivity (Wildman–Crippen MR) is 95.4 cm³/mol. The highest BCUT2D eigenvalue weighted by molar-refractivity contribution is 7.89. The molecule has 1 aromatic carbocycles. The van der Waals surface area contributed by atoms with Crippen LogP contribution in [0.3, 0.4) is 0 Å². The van der Waals surface area contributed by atoms with Crippen molar-refractivity contribution < 1.29 is 8.42 Å². The second-order valence-electron chi connectivity index (χ2n) is 6.33. The molecule has 3 rings (SSSR count). The van der Waals surface area contributed by atoms with E-state index in [0.29, 0.717) is 24.5 Å². The van der Waals surface area contributed by atoms with Crippen LogP contribution in [0.2, 0.25) is 0 Å². The van der Waals surface area contributed by atoms with Crippen LogP contribution in [0.4, 0.5) is 0 Å². The Morgan fingerprint density at radius 1 is 1.12 bits per heavy atom. The van der Waals surface area contributed by atoms with Gasteiger partial charge in [-0.05, 0) is 43.4 Å². The van der Waals surface area contributed by atoms with E-state index in [9.17, 15) is 8.42 Å². The predicted octanol–water partition coefficient (Wildman–Crippen LogP) is 1.69. The fraction of sp³-hybridized carbons (Fsp3) is 0.588. The molecule has 0 saturated carbocycles. The summed E-state index contributed by atoms with van der Waals surface area (Å²) in [6.45, 7) is 3.58. The second kappa shape index (κ2) is 7.98. The minimum Gasteiger partial charge on any atom is -0.356 e. The van der Waals surface area contributed by atoms with Gasteiger partial charge in [0.25, 0.3) is 0 Å². The summed E-state index contributed by atoms with van der Waals surface area (Å²) in [7, 11) is -3.37. The summed E-state index contributed by atoms with van der Waals surface area (Å²) in [5.74, 6) is 0.803. The van der Waals surface area contributed by atoms with Gasteiger partial charge in [-0.3, -0.25) is 4.99 Å². The summed E-state index contributed by atoms with van der Waals surface area (Å²) in [4.78, 5) is 4.84. The van der Waals surface area contributed by atoms with Crippen LogP contribution < -0.4 is 10.6 Å². The monoisotopic (exact) mass is 350 g/mol. The van der Waals surface area contributed by atoms with Crippen LogP contribution >= 0.6 is 0 Å². The Bertz CT molecular complexity index is 682. The number of benzene rings is 1. The molecule has 0 amide bonds. The summed E-state index contributed by atoms with van der Waals surface area (Å²) in [5.41, 5.74) is 0.946. The Balaban J connectivity index is 1.68. The van der Waals surface area contributed by atoms with Crippen molar-refractivity contribution in [2.45, 2.75) is 43.5 Å². The zero-order valence-electron chi connectivity index (χ0n) is 14.0. The molecule has 24 heavy (non-hydrogen) atoms. The van der Waals surface area contributed by atoms with Crippen molar-refractivity contribution in [3.63, 3.8) is 0 Å². The van der Waals surface area contributed by atoms with Crippen LogP contribution in [0.15, 0.2) is 34.2 Å². The van der Waals surface area contributed by atoms with E-state index in [-0.39, 0.29) is 0 Å². The Morgan fingerprint density at radius 2 is 1.96 bits per heavy atom. The van der Waals surface area contributed by atoms with Crippen LogP contribution in [-0.2, 0) is 16.6 Å². The van der Waals surface area contributed by atoms with Gasteiger partial charge in [-0.1, -0.05) is 18.6 Å². The van der Waals surface area contributed by atoms with Gasteiger partial charge in [0, 0.05) is 32.7 Å².